The molecule has 564 valence electrons. The number of hydrogen-bond acceptors (Lipinski definition) is 31. The summed E-state index contributed by atoms with van der Waals surface area (Å²) in [6.07, 6.45) is -15.4. The molecule has 51 heteroatoms. The van der Waals surface area contributed by atoms with E-state index < -0.39 is 101 Å². The molecule has 2 aliphatic heterocycles. The van der Waals surface area contributed by atoms with E-state index in [0.29, 0.717) is 129 Å². The first-order valence-corrected chi connectivity index (χ1v) is 38.8. The second kappa shape index (κ2) is 50.5. The molecule has 8 atom stereocenters. The lowest BCUT2D eigenvalue weighted by Gasteiger charge is -2.21. The van der Waals surface area contributed by atoms with Crippen molar-refractivity contribution < 1.29 is 129 Å². The summed E-state index contributed by atoms with van der Waals surface area (Å²) in [6, 6.07) is 0. The highest BCUT2D eigenvalue weighted by Gasteiger charge is 2.50. The number of phosphoric ester groups is 2. The number of nitrogen functional groups attached to an aromatic ring is 2. The molecule has 43 nitrogen and oxygen atoms in total. The summed E-state index contributed by atoms with van der Waals surface area (Å²) >= 11 is 19.1. The molecule has 2 saturated heterocycles. The minimum absolute atomic E-state index is 0. The number of nitrogens with zero attached hydrogens (tertiary/aromatic N) is 10. The number of amides is 2. The van der Waals surface area contributed by atoms with Crippen LogP contribution in [0.25, 0.3) is 20.9 Å². The van der Waals surface area contributed by atoms with Crippen LogP contribution in [0.5, 0.6) is 0 Å². The maximum atomic E-state index is 12.6. The number of hydrogen-bond donors (Lipinski definition) is 12. The second-order valence-corrected chi connectivity index (χ2v) is 30.6. The standard InChI is InChI=1S/C23H41N7O16P2.C23H39N7O10.CH4.Cl4O3P2/c24-21-16(2-1-4-26-18(31)3-6-40-8-10-42-12-13-43-11-9-41-7-5-27-29-25)14-30(23(33)28-21)22-19(32)20(46-48(37,38)39)17(45-22)15-44-47(34,35)36;24-21-16(14-30(23(35)28-21)22-20(34)19(33)17(15-31)40-22)2-1-4-26-18(32)3-6-36-8-10-38-12-13-39-11-9-37-7-5-27-29-25;;1-8(2,5)7-9(3,4)6/h14,17,19-20,22,32H,1-13,15H2,(H,26,31)(H2,24,28,33)(H2,34,35,36)(H2,37,38,39);14,17,19-20,22,31,33-34H,1-13,15H2,(H,26,32)(H2,24,28,35);1H4;/t17-,19+,20?,22-;17-,19?,20+,22-;;/m11../s1. The Hall–Kier alpha value is -3.84. The van der Waals surface area contributed by atoms with Crippen molar-refractivity contribution in [3.05, 3.63) is 65.4 Å². The first-order valence-electron chi connectivity index (χ1n) is 28.8. The molecule has 98 heavy (non-hydrogen) atoms. The predicted octanol–water partition coefficient (Wildman–Crippen LogP) is 1.55. The summed E-state index contributed by atoms with van der Waals surface area (Å²) in [7, 11) is -10.3. The van der Waals surface area contributed by atoms with Gasteiger partial charge in [0.25, 0.3) is 0 Å². The smallest absolute Gasteiger partial charge is 0.394 e. The number of anilines is 2. The maximum Gasteiger partial charge on any atom is 0.470 e. The molecule has 4 heterocycles. The van der Waals surface area contributed by atoms with Crippen molar-refractivity contribution >= 4 is 96.2 Å². The summed E-state index contributed by atoms with van der Waals surface area (Å²) in [5, 5.41) is 52.2. The Balaban J connectivity index is 0.000000871. The number of aryl methyl sites for hydroxylation is 2. The molecular weight excluding hydrogens is 1490 g/mol. The normalized spacial score (nSPS) is 19.2. The lowest BCUT2D eigenvalue weighted by Crippen LogP contribution is -2.38. The van der Waals surface area contributed by atoms with Gasteiger partial charge in [-0.1, -0.05) is 17.7 Å². The number of aromatic nitrogens is 4. The summed E-state index contributed by atoms with van der Waals surface area (Å²) < 4.78 is 111. The van der Waals surface area contributed by atoms with Gasteiger partial charge in [-0.25, -0.2) is 23.0 Å². The van der Waals surface area contributed by atoms with E-state index in [9.17, 15) is 67.7 Å². The van der Waals surface area contributed by atoms with Crippen molar-refractivity contribution in [1.29, 1.82) is 0 Å². The summed E-state index contributed by atoms with van der Waals surface area (Å²) in [5.74, 6) is -0.577. The number of rotatable bonds is 48. The molecule has 2 aromatic heterocycles. The number of ether oxygens (including phenoxy) is 10. The third-order valence-electron chi connectivity index (χ3n) is 12.2. The van der Waals surface area contributed by atoms with Gasteiger partial charge in [0.1, 0.15) is 48.3 Å². The Morgan fingerprint density at radius 2 is 0.939 bits per heavy atom. The van der Waals surface area contributed by atoms with Crippen LogP contribution in [0.4, 0.5) is 11.6 Å². The first-order chi connectivity index (χ1) is 45.8. The van der Waals surface area contributed by atoms with Crippen LogP contribution in [0.3, 0.4) is 0 Å². The lowest BCUT2D eigenvalue weighted by atomic mass is 10.1. The molecule has 4 rings (SSSR count). The molecule has 2 amide bonds. The molecule has 0 aromatic carbocycles. The Morgan fingerprint density at radius 1 is 0.582 bits per heavy atom. The van der Waals surface area contributed by atoms with Crippen LogP contribution in [-0.2, 0) is 101 Å². The Labute approximate surface area is 579 Å². The molecule has 2 fully saturated rings. The highest BCUT2D eigenvalue weighted by atomic mass is 35.9. The average Bonchev–Trinajstić information content (AvgIpc) is 1.62. The van der Waals surface area contributed by atoms with Gasteiger partial charge in [-0.15, -0.1) is 0 Å². The Bertz CT molecular complexity index is 3060. The van der Waals surface area contributed by atoms with Crippen molar-refractivity contribution in [3.63, 3.8) is 0 Å². The molecular formula is C47H84Cl4N14O29P4. The monoisotopic (exact) mass is 1570 g/mol. The van der Waals surface area contributed by atoms with Crippen molar-refractivity contribution in [2.24, 2.45) is 10.2 Å². The fraction of sp³-hybridized carbons (Fsp3) is 0.787. The number of azide groups is 2. The maximum absolute atomic E-state index is 12.6. The second-order valence-electron chi connectivity index (χ2n) is 19.4. The van der Waals surface area contributed by atoms with E-state index in [2.05, 4.69) is 54.0 Å². The predicted molar refractivity (Wildman–Crippen MR) is 347 cm³/mol. The Morgan fingerprint density at radius 3 is 1.27 bits per heavy atom. The van der Waals surface area contributed by atoms with Gasteiger partial charge in [0, 0.05) is 72.4 Å². The highest BCUT2D eigenvalue weighted by Crippen LogP contribution is 2.74. The molecule has 14 N–H and O–H groups in total. The van der Waals surface area contributed by atoms with Gasteiger partial charge < -0.3 is 109 Å². The van der Waals surface area contributed by atoms with Crippen molar-refractivity contribution in [1.82, 2.24) is 29.7 Å². The highest BCUT2D eigenvalue weighted by molar-refractivity contribution is 8.15. The zero-order chi connectivity index (χ0) is 72.5. The summed E-state index contributed by atoms with van der Waals surface area (Å²) in [6.45, 7) is 5.17. The van der Waals surface area contributed by atoms with Crippen LogP contribution < -0.4 is 33.5 Å². The van der Waals surface area contributed by atoms with Crippen LogP contribution in [0.15, 0.2) is 32.2 Å². The number of carbonyl (C=O) groups is 2. The van der Waals surface area contributed by atoms with Crippen molar-refractivity contribution in [2.75, 3.05) is 157 Å². The minimum atomic E-state index is -5.23. The van der Waals surface area contributed by atoms with E-state index in [1.165, 1.54) is 12.4 Å². The van der Waals surface area contributed by atoms with Gasteiger partial charge >= 0.3 is 39.2 Å². The fourth-order valence-electron chi connectivity index (χ4n) is 7.90. The van der Waals surface area contributed by atoms with Gasteiger partial charge in [0.15, 0.2) is 12.5 Å². The van der Waals surface area contributed by atoms with Crippen LogP contribution >= 0.6 is 72.8 Å². The van der Waals surface area contributed by atoms with Crippen LogP contribution in [0, 0.1) is 0 Å². The molecule has 2 unspecified atom stereocenters. The van der Waals surface area contributed by atoms with E-state index in [1.54, 1.807) is 0 Å². The van der Waals surface area contributed by atoms with E-state index >= 15 is 0 Å². The average molecular weight is 1570 g/mol. The molecule has 0 bridgehead atoms. The number of carbonyl (C=O) groups excluding carboxylic acids is 2. The van der Waals surface area contributed by atoms with E-state index in [0.717, 1.165) is 9.13 Å². The van der Waals surface area contributed by atoms with Crippen molar-refractivity contribution in [2.45, 2.75) is 95.0 Å². The minimum Gasteiger partial charge on any atom is -0.394 e. The van der Waals surface area contributed by atoms with Gasteiger partial charge in [-0.2, -0.15) is 9.97 Å². The van der Waals surface area contributed by atoms with Gasteiger partial charge in [0.2, 0.25) is 11.8 Å². The zero-order valence-corrected chi connectivity index (χ0v) is 58.3. The molecule has 0 saturated carbocycles. The molecule has 0 aliphatic carbocycles. The van der Waals surface area contributed by atoms with Gasteiger partial charge in [-0.05, 0) is 81.7 Å². The number of phosphoric acid groups is 2. The van der Waals surface area contributed by atoms with Crippen LogP contribution in [-0.4, -0.2) is 253 Å². The molecule has 2 aromatic rings. The van der Waals surface area contributed by atoms with E-state index in [4.69, 9.17) is 125 Å². The molecule has 2 aliphatic rings. The van der Waals surface area contributed by atoms with Crippen LogP contribution in [0.2, 0.25) is 0 Å². The summed E-state index contributed by atoms with van der Waals surface area (Å²) in [5.41, 5.74) is 27.1. The Kier molecular flexibility index (Phi) is 47.5. The SMILES string of the molecule is C.O=P(Cl)(Cl)OP(=O)(Cl)Cl.[N-]=[N+]=NCCOCCOCCOCCOCCC(=O)NCCCc1cn([C@@H]2O[C@H](CO)C(O)[C@@H]2O)c(=O)nc1N.[N-]=[N+]=NCCOCCOCCOCCOCCC(=O)NCCCc1cn([C@@H]2O[C@H](COP(=O)(O)O)C(OP(=O)(O)O)[C@@H]2O)c(=O)nc1N. The zero-order valence-electron chi connectivity index (χ0n) is 51.7. The van der Waals surface area contributed by atoms with Gasteiger partial charge in [0.05, 0.1) is 119 Å². The van der Waals surface area contributed by atoms with E-state index in [1.807, 2.05) is 0 Å². The summed E-state index contributed by atoms with van der Waals surface area (Å²) in [4.78, 5) is 98.0. The van der Waals surface area contributed by atoms with Gasteiger partial charge in [-0.3, -0.25) is 36.9 Å². The largest absolute Gasteiger partial charge is 0.470 e. The topological polar surface area (TPSA) is 628 Å². The number of halogens is 4. The number of nitrogens with two attached hydrogens (primary N) is 2. The van der Waals surface area contributed by atoms with Crippen LogP contribution in [0.1, 0.15) is 56.7 Å². The van der Waals surface area contributed by atoms with E-state index in [-0.39, 0.29) is 83.0 Å². The number of aliphatic hydroxyl groups excluding tert-OH is 4. The first kappa shape index (κ1) is 92.2. The molecule has 0 radical (unpaired) electrons. The lowest BCUT2D eigenvalue weighted by molar-refractivity contribution is -0.123. The third kappa shape index (κ3) is 41.9. The number of aliphatic hydroxyl groups is 4. The quantitative estimate of drug-likeness (QED) is 0.0147. The number of nitrogens with one attached hydrogen (secondary N) is 2. The third-order valence-corrected chi connectivity index (χ3v) is 17.0. The molecule has 0 spiro atoms. The fourth-order valence-corrected chi connectivity index (χ4v) is 14.0. The van der Waals surface area contributed by atoms with Crippen molar-refractivity contribution in [3.8, 4) is 0 Å².